The molecule has 5 nitrogen and oxygen atoms in total. The first kappa shape index (κ1) is 23.7. The Labute approximate surface area is 176 Å². The van der Waals surface area contributed by atoms with E-state index in [0.717, 1.165) is 12.0 Å². The molecule has 0 spiro atoms. The van der Waals surface area contributed by atoms with Gasteiger partial charge in [-0.05, 0) is 51.7 Å². The number of carbonyl (C=O) groups excluding carboxylic acids is 1. The maximum atomic E-state index is 13.1. The summed E-state index contributed by atoms with van der Waals surface area (Å²) in [6.07, 6.45) is 5.33. The van der Waals surface area contributed by atoms with Crippen molar-refractivity contribution in [2.75, 3.05) is 19.1 Å². The molecule has 0 heterocycles. The second-order valence-electron chi connectivity index (χ2n) is 9.95. The SMILES string of the molecule is CCC(C)(C)S(C)(C)OCC1(c2ccccc2)CC1(C(=O)O)C(=O)OC(C)(C)C. The molecule has 0 amide bonds. The van der Waals surface area contributed by atoms with Crippen LogP contribution in [0.4, 0.5) is 0 Å². The average molecular weight is 425 g/mol. The van der Waals surface area contributed by atoms with E-state index in [9.17, 15) is 14.7 Å². The van der Waals surface area contributed by atoms with Gasteiger partial charge in [0.2, 0.25) is 0 Å². The maximum Gasteiger partial charge on any atom is 0.325 e. The molecule has 0 radical (unpaired) electrons. The van der Waals surface area contributed by atoms with Crippen LogP contribution in [0.25, 0.3) is 0 Å². The molecular formula is C23H36O5S. The largest absolute Gasteiger partial charge is 0.480 e. The van der Waals surface area contributed by atoms with Crippen LogP contribution in [0.1, 0.15) is 59.9 Å². The molecule has 0 aromatic heterocycles. The van der Waals surface area contributed by atoms with E-state index in [4.69, 9.17) is 8.92 Å². The highest BCUT2D eigenvalue weighted by Crippen LogP contribution is 2.68. The van der Waals surface area contributed by atoms with Crippen LogP contribution in [0, 0.1) is 5.41 Å². The standard InChI is InChI=1S/C23H36O5S/c1-9-21(5,6)29(7,8)27-16-22(17-13-11-10-12-14-17)15-23(22,18(24)25)19(26)28-20(2,3)4/h10-14H,9,15-16H2,1-8H3,(H,24,25). The molecule has 29 heavy (non-hydrogen) atoms. The summed E-state index contributed by atoms with van der Waals surface area (Å²) in [6, 6.07) is 9.37. The van der Waals surface area contributed by atoms with Gasteiger partial charge in [-0.1, -0.05) is 51.1 Å². The number of benzene rings is 1. The van der Waals surface area contributed by atoms with Gasteiger partial charge in [-0.25, -0.2) is 0 Å². The quantitative estimate of drug-likeness (QED) is 0.473. The molecule has 2 unspecified atom stereocenters. The zero-order valence-corrected chi connectivity index (χ0v) is 19.8. The predicted molar refractivity (Wildman–Crippen MR) is 118 cm³/mol. The van der Waals surface area contributed by atoms with Crippen LogP contribution >= 0.6 is 10.3 Å². The van der Waals surface area contributed by atoms with Gasteiger partial charge in [0.1, 0.15) is 5.60 Å². The van der Waals surface area contributed by atoms with E-state index >= 15 is 0 Å². The third-order valence-corrected chi connectivity index (χ3v) is 10.1. The molecule has 6 heteroatoms. The molecule has 2 rings (SSSR count). The van der Waals surface area contributed by atoms with Gasteiger partial charge in [0.25, 0.3) is 0 Å². The lowest BCUT2D eigenvalue weighted by Crippen LogP contribution is -2.41. The summed E-state index contributed by atoms with van der Waals surface area (Å²) in [6.45, 7) is 11.9. The van der Waals surface area contributed by atoms with E-state index in [-0.39, 0.29) is 17.8 Å². The van der Waals surface area contributed by atoms with Crippen molar-refractivity contribution in [3.05, 3.63) is 35.9 Å². The molecule has 0 aliphatic heterocycles. The summed E-state index contributed by atoms with van der Waals surface area (Å²) < 4.78 is 12.0. The van der Waals surface area contributed by atoms with Gasteiger partial charge >= 0.3 is 11.9 Å². The smallest absolute Gasteiger partial charge is 0.325 e. The maximum absolute atomic E-state index is 13.1. The zero-order chi connectivity index (χ0) is 22.3. The Kier molecular flexibility index (Phi) is 6.24. The summed E-state index contributed by atoms with van der Waals surface area (Å²) in [4.78, 5) is 25.5. The minimum atomic E-state index is -1.63. The lowest BCUT2D eigenvalue weighted by molar-refractivity contribution is -0.170. The Bertz CT molecular complexity index is 765. The Hall–Kier alpha value is -1.53. The van der Waals surface area contributed by atoms with Crippen molar-refractivity contribution in [1.29, 1.82) is 0 Å². The molecule has 1 fully saturated rings. The summed E-state index contributed by atoms with van der Waals surface area (Å²) in [5, 5.41) is 10.2. The number of rotatable bonds is 8. The Balaban J connectivity index is 2.47. The Morgan fingerprint density at radius 2 is 1.66 bits per heavy atom. The van der Waals surface area contributed by atoms with E-state index in [0.29, 0.717) is 0 Å². The van der Waals surface area contributed by atoms with Gasteiger partial charge < -0.3 is 14.0 Å². The lowest BCUT2D eigenvalue weighted by atomic mass is 9.86. The molecule has 0 bridgehead atoms. The second kappa shape index (κ2) is 7.62. The van der Waals surface area contributed by atoms with Crippen LogP contribution < -0.4 is 0 Å². The Morgan fingerprint density at radius 1 is 1.10 bits per heavy atom. The summed E-state index contributed by atoms with van der Waals surface area (Å²) >= 11 is 0. The number of carboxylic acids is 1. The fraction of sp³-hybridized carbons (Fsp3) is 0.652. The van der Waals surface area contributed by atoms with E-state index in [1.54, 1.807) is 20.8 Å². The number of carbonyl (C=O) groups is 2. The number of hydrogen-bond acceptors (Lipinski definition) is 4. The average Bonchev–Trinajstić information content (AvgIpc) is 3.31. The van der Waals surface area contributed by atoms with Crippen molar-refractivity contribution in [1.82, 2.24) is 0 Å². The molecule has 0 saturated heterocycles. The van der Waals surface area contributed by atoms with E-state index in [1.807, 2.05) is 30.3 Å². The molecule has 1 saturated carbocycles. The molecule has 1 aromatic carbocycles. The fourth-order valence-corrected chi connectivity index (χ4v) is 5.04. The molecule has 164 valence electrons. The number of esters is 1. The van der Waals surface area contributed by atoms with Crippen molar-refractivity contribution in [2.24, 2.45) is 5.41 Å². The first-order valence-corrected chi connectivity index (χ1v) is 12.4. The monoisotopic (exact) mass is 424 g/mol. The minimum Gasteiger partial charge on any atom is -0.480 e. The molecule has 1 aliphatic carbocycles. The lowest BCUT2D eigenvalue weighted by Gasteiger charge is -2.46. The van der Waals surface area contributed by atoms with Crippen molar-refractivity contribution in [3.8, 4) is 0 Å². The summed E-state index contributed by atoms with van der Waals surface area (Å²) in [5.41, 5.74) is -2.53. The van der Waals surface area contributed by atoms with Crippen LogP contribution in [-0.2, 0) is 23.9 Å². The van der Waals surface area contributed by atoms with Crippen molar-refractivity contribution < 1.29 is 23.6 Å². The van der Waals surface area contributed by atoms with Gasteiger partial charge in [0, 0.05) is 10.2 Å². The van der Waals surface area contributed by atoms with Crippen molar-refractivity contribution in [3.63, 3.8) is 0 Å². The third kappa shape index (κ3) is 4.19. The first-order valence-electron chi connectivity index (χ1n) is 10.0. The van der Waals surface area contributed by atoms with Gasteiger partial charge in [-0.3, -0.25) is 9.59 Å². The molecule has 1 aliphatic rings. The van der Waals surface area contributed by atoms with Crippen LogP contribution in [0.15, 0.2) is 30.3 Å². The highest BCUT2D eigenvalue weighted by Gasteiger charge is 2.79. The van der Waals surface area contributed by atoms with Crippen LogP contribution in [-0.4, -0.2) is 46.5 Å². The summed E-state index contributed by atoms with van der Waals surface area (Å²) in [7, 11) is -1.49. The number of ether oxygens (including phenoxy) is 1. The topological polar surface area (TPSA) is 72.8 Å². The second-order valence-corrected chi connectivity index (χ2v) is 13.8. The van der Waals surface area contributed by atoms with E-state index < -0.39 is 38.7 Å². The van der Waals surface area contributed by atoms with Crippen molar-refractivity contribution >= 4 is 22.2 Å². The van der Waals surface area contributed by atoms with Gasteiger partial charge in [-0.15, -0.1) is 10.3 Å². The first-order chi connectivity index (χ1) is 13.2. The minimum absolute atomic E-state index is 0.0302. The Morgan fingerprint density at radius 3 is 2.10 bits per heavy atom. The van der Waals surface area contributed by atoms with Gasteiger partial charge in [0.15, 0.2) is 5.41 Å². The van der Waals surface area contributed by atoms with Gasteiger partial charge in [0.05, 0.1) is 6.61 Å². The number of carboxylic acid groups (broad SMARTS) is 1. The molecular weight excluding hydrogens is 388 g/mol. The third-order valence-electron chi connectivity index (χ3n) is 6.48. The summed E-state index contributed by atoms with van der Waals surface area (Å²) in [5.74, 6) is -1.84. The van der Waals surface area contributed by atoms with Crippen LogP contribution in [0.2, 0.25) is 0 Å². The molecule has 1 aromatic rings. The normalized spacial score (nSPS) is 25.4. The fourth-order valence-electron chi connectivity index (χ4n) is 3.53. The van der Waals surface area contributed by atoms with Crippen LogP contribution in [0.5, 0.6) is 0 Å². The van der Waals surface area contributed by atoms with Gasteiger partial charge in [-0.2, -0.15) is 0 Å². The van der Waals surface area contributed by atoms with Crippen molar-refractivity contribution in [2.45, 2.75) is 70.1 Å². The van der Waals surface area contributed by atoms with E-state index in [2.05, 4.69) is 33.3 Å². The number of hydrogen-bond donors (Lipinski definition) is 1. The van der Waals surface area contributed by atoms with Crippen LogP contribution in [0.3, 0.4) is 0 Å². The van der Waals surface area contributed by atoms with E-state index in [1.165, 1.54) is 0 Å². The highest BCUT2D eigenvalue weighted by molar-refractivity contribution is 8.29. The molecule has 2 atom stereocenters. The zero-order valence-electron chi connectivity index (χ0n) is 19.0. The molecule has 1 N–H and O–H groups in total. The predicted octanol–water partition coefficient (Wildman–Crippen LogP) is 4.93. The highest BCUT2D eigenvalue weighted by atomic mass is 32.3. The number of aliphatic carboxylic acids is 1.